The van der Waals surface area contributed by atoms with Crippen LogP contribution in [0.15, 0.2) is 30.5 Å². The number of aryl methyl sites for hydroxylation is 1. The third-order valence-corrected chi connectivity index (χ3v) is 2.76. The Morgan fingerprint density at radius 1 is 1.41 bits per heavy atom. The molecule has 1 amide bonds. The number of carbonyl (C=O) groups excluding carboxylic acids is 1. The first kappa shape index (κ1) is 11.4. The fourth-order valence-corrected chi connectivity index (χ4v) is 1.87. The molecule has 2 N–H and O–H groups in total. The number of rotatable bonds is 3. The average molecular weight is 230 g/mol. The summed E-state index contributed by atoms with van der Waals surface area (Å²) in [6.45, 7) is 2.32. The Kier molecular flexibility index (Phi) is 3.23. The molecule has 0 aliphatic rings. The predicted molar refractivity (Wildman–Crippen MR) is 65.7 cm³/mol. The zero-order chi connectivity index (χ0) is 12.3. The van der Waals surface area contributed by atoms with E-state index in [9.17, 15) is 4.79 Å². The minimum absolute atomic E-state index is 0.300. The average Bonchev–Trinajstić information content (AvgIpc) is 2.32. The molecule has 0 unspecified atom stereocenters. The number of aromatic nitrogens is 1. The van der Waals surface area contributed by atoms with Crippen LogP contribution in [-0.2, 0) is 11.2 Å². The Bertz CT molecular complexity index is 552. The van der Waals surface area contributed by atoms with Gasteiger partial charge in [0.1, 0.15) is 0 Å². The second-order valence-corrected chi connectivity index (χ2v) is 3.84. The van der Waals surface area contributed by atoms with Crippen molar-refractivity contribution in [3.05, 3.63) is 41.6 Å². The zero-order valence-corrected chi connectivity index (χ0v) is 9.64. The summed E-state index contributed by atoms with van der Waals surface area (Å²) in [4.78, 5) is 14.8. The summed E-state index contributed by atoms with van der Waals surface area (Å²) < 4.78 is 4.73. The standard InChI is InChI=1S/C13H14N2O2/c1-9-10(6-8-17-13(14)16)4-5-11-3-2-7-15-12(9)11/h2-5,7H,6,8H2,1H3,(H2,14,16). The largest absolute Gasteiger partial charge is 0.449 e. The molecule has 0 saturated carbocycles. The van der Waals surface area contributed by atoms with E-state index in [4.69, 9.17) is 10.5 Å². The number of pyridine rings is 1. The number of carbonyl (C=O) groups is 1. The van der Waals surface area contributed by atoms with Gasteiger partial charge in [0.15, 0.2) is 0 Å². The van der Waals surface area contributed by atoms with Gasteiger partial charge in [0, 0.05) is 18.0 Å². The van der Waals surface area contributed by atoms with Crippen LogP contribution in [0.25, 0.3) is 10.9 Å². The van der Waals surface area contributed by atoms with Crippen molar-refractivity contribution < 1.29 is 9.53 Å². The summed E-state index contributed by atoms with van der Waals surface area (Å²) in [5.74, 6) is 0. The van der Waals surface area contributed by atoms with Crippen LogP contribution < -0.4 is 5.73 Å². The van der Waals surface area contributed by atoms with Gasteiger partial charge in [-0.1, -0.05) is 18.2 Å². The van der Waals surface area contributed by atoms with E-state index >= 15 is 0 Å². The first-order valence-electron chi connectivity index (χ1n) is 5.44. The molecule has 88 valence electrons. The first-order valence-corrected chi connectivity index (χ1v) is 5.44. The van der Waals surface area contributed by atoms with Crippen molar-refractivity contribution >= 4 is 17.0 Å². The Labute approximate surface area is 99.4 Å². The third kappa shape index (κ3) is 2.53. The molecule has 0 bridgehead atoms. The van der Waals surface area contributed by atoms with Crippen LogP contribution in [0.2, 0.25) is 0 Å². The highest BCUT2D eigenvalue weighted by atomic mass is 16.5. The molecule has 17 heavy (non-hydrogen) atoms. The number of amides is 1. The molecule has 0 spiro atoms. The SMILES string of the molecule is Cc1c(CCOC(N)=O)ccc2cccnc12. The second-order valence-electron chi connectivity index (χ2n) is 3.84. The van der Waals surface area contributed by atoms with E-state index in [0.717, 1.165) is 22.0 Å². The van der Waals surface area contributed by atoms with Crippen LogP contribution >= 0.6 is 0 Å². The lowest BCUT2D eigenvalue weighted by Gasteiger charge is -2.08. The number of fused-ring (bicyclic) bond motifs is 1. The number of hydrogen-bond donors (Lipinski definition) is 1. The summed E-state index contributed by atoms with van der Waals surface area (Å²) in [5, 5.41) is 1.12. The maximum Gasteiger partial charge on any atom is 0.404 e. The molecule has 0 saturated heterocycles. The summed E-state index contributed by atoms with van der Waals surface area (Å²) in [7, 11) is 0. The molecular formula is C13H14N2O2. The maximum absolute atomic E-state index is 10.5. The summed E-state index contributed by atoms with van der Waals surface area (Å²) in [6, 6.07) is 8.00. The highest BCUT2D eigenvalue weighted by Crippen LogP contribution is 2.19. The molecule has 0 atom stereocenters. The van der Waals surface area contributed by atoms with E-state index in [1.807, 2.05) is 31.2 Å². The summed E-state index contributed by atoms with van der Waals surface area (Å²) >= 11 is 0. The van der Waals surface area contributed by atoms with Crippen LogP contribution in [0.4, 0.5) is 4.79 Å². The number of hydrogen-bond acceptors (Lipinski definition) is 3. The number of ether oxygens (including phenoxy) is 1. The topological polar surface area (TPSA) is 65.2 Å². The van der Waals surface area contributed by atoms with Gasteiger partial charge in [-0.15, -0.1) is 0 Å². The molecule has 2 aromatic rings. The highest BCUT2D eigenvalue weighted by Gasteiger charge is 2.05. The number of nitrogens with zero attached hydrogens (tertiary/aromatic N) is 1. The Balaban J connectivity index is 2.23. The monoisotopic (exact) mass is 230 g/mol. The van der Waals surface area contributed by atoms with Crippen molar-refractivity contribution in [3.63, 3.8) is 0 Å². The normalized spacial score (nSPS) is 10.4. The van der Waals surface area contributed by atoms with Crippen LogP contribution in [0.1, 0.15) is 11.1 Å². The van der Waals surface area contributed by atoms with Gasteiger partial charge in [-0.2, -0.15) is 0 Å². The minimum Gasteiger partial charge on any atom is -0.449 e. The Morgan fingerprint density at radius 2 is 2.24 bits per heavy atom. The van der Waals surface area contributed by atoms with Crippen molar-refractivity contribution in [3.8, 4) is 0 Å². The molecule has 1 aromatic heterocycles. The lowest BCUT2D eigenvalue weighted by atomic mass is 10.0. The van der Waals surface area contributed by atoms with Gasteiger partial charge in [-0.05, 0) is 24.1 Å². The van der Waals surface area contributed by atoms with Crippen molar-refractivity contribution in [1.29, 1.82) is 0 Å². The van der Waals surface area contributed by atoms with Gasteiger partial charge < -0.3 is 10.5 Å². The number of nitrogens with two attached hydrogens (primary N) is 1. The van der Waals surface area contributed by atoms with Gasteiger partial charge in [0.2, 0.25) is 0 Å². The fraction of sp³-hybridized carbons (Fsp3) is 0.231. The van der Waals surface area contributed by atoms with Crippen molar-refractivity contribution in [2.75, 3.05) is 6.61 Å². The molecule has 0 aliphatic carbocycles. The van der Waals surface area contributed by atoms with Gasteiger partial charge in [-0.3, -0.25) is 4.98 Å². The first-order chi connectivity index (χ1) is 8.18. The smallest absolute Gasteiger partial charge is 0.404 e. The van der Waals surface area contributed by atoms with Crippen LogP contribution in [0.3, 0.4) is 0 Å². The van der Waals surface area contributed by atoms with E-state index in [1.165, 1.54) is 0 Å². The van der Waals surface area contributed by atoms with Gasteiger partial charge in [0.05, 0.1) is 12.1 Å². The molecule has 1 aromatic carbocycles. The zero-order valence-electron chi connectivity index (χ0n) is 9.64. The lowest BCUT2D eigenvalue weighted by Crippen LogP contribution is -2.15. The third-order valence-electron chi connectivity index (χ3n) is 2.76. The fourth-order valence-electron chi connectivity index (χ4n) is 1.87. The van der Waals surface area contributed by atoms with Gasteiger partial charge in [0.25, 0.3) is 0 Å². The number of benzene rings is 1. The van der Waals surface area contributed by atoms with E-state index in [0.29, 0.717) is 13.0 Å². The van der Waals surface area contributed by atoms with E-state index < -0.39 is 6.09 Å². The van der Waals surface area contributed by atoms with Crippen LogP contribution in [0, 0.1) is 6.92 Å². The molecule has 0 radical (unpaired) electrons. The summed E-state index contributed by atoms with van der Waals surface area (Å²) in [6.07, 6.45) is 1.70. The molecular weight excluding hydrogens is 216 g/mol. The lowest BCUT2D eigenvalue weighted by molar-refractivity contribution is 0.158. The van der Waals surface area contributed by atoms with Gasteiger partial charge in [-0.25, -0.2) is 4.79 Å². The second kappa shape index (κ2) is 4.82. The van der Waals surface area contributed by atoms with Crippen LogP contribution in [-0.4, -0.2) is 17.7 Å². The number of primary amides is 1. The van der Waals surface area contributed by atoms with Crippen molar-refractivity contribution in [2.45, 2.75) is 13.3 Å². The van der Waals surface area contributed by atoms with Crippen molar-refractivity contribution in [1.82, 2.24) is 4.98 Å². The maximum atomic E-state index is 10.5. The quantitative estimate of drug-likeness (QED) is 0.878. The van der Waals surface area contributed by atoms with Gasteiger partial charge >= 0.3 is 6.09 Å². The highest BCUT2D eigenvalue weighted by molar-refractivity contribution is 5.82. The Hall–Kier alpha value is -2.10. The molecule has 4 heteroatoms. The minimum atomic E-state index is -0.735. The molecule has 2 rings (SSSR count). The molecule has 1 heterocycles. The summed E-state index contributed by atoms with van der Waals surface area (Å²) in [5.41, 5.74) is 8.15. The molecule has 0 fully saturated rings. The van der Waals surface area contributed by atoms with Crippen molar-refractivity contribution in [2.24, 2.45) is 5.73 Å². The molecule has 0 aliphatic heterocycles. The van der Waals surface area contributed by atoms with E-state index in [-0.39, 0.29) is 0 Å². The van der Waals surface area contributed by atoms with E-state index in [1.54, 1.807) is 6.20 Å². The molecule has 4 nitrogen and oxygen atoms in total. The van der Waals surface area contributed by atoms with Crippen LogP contribution in [0.5, 0.6) is 0 Å². The van der Waals surface area contributed by atoms with E-state index in [2.05, 4.69) is 4.98 Å². The predicted octanol–water partition coefficient (Wildman–Crippen LogP) is 2.18. The Morgan fingerprint density at radius 3 is 3.00 bits per heavy atom.